The summed E-state index contributed by atoms with van der Waals surface area (Å²) in [5, 5.41) is 6.13. The number of carbonyl (C=O) groups excluding carboxylic acids is 1. The lowest BCUT2D eigenvalue weighted by Crippen LogP contribution is -2.33. The van der Waals surface area contributed by atoms with Crippen molar-refractivity contribution in [2.45, 2.75) is 58.9 Å². The predicted molar refractivity (Wildman–Crippen MR) is 84.1 cm³/mol. The highest BCUT2D eigenvalue weighted by Gasteiger charge is 2.11. The highest BCUT2D eigenvalue weighted by atomic mass is 16.1. The largest absolute Gasteiger partial charge is 0.370 e. The first-order chi connectivity index (χ1) is 9.67. The number of nitrogens with zero attached hydrogens (tertiary/aromatic N) is 1. The first kappa shape index (κ1) is 16.5. The Morgan fingerprint density at radius 2 is 2.05 bits per heavy atom. The van der Waals surface area contributed by atoms with Crippen LogP contribution in [0.5, 0.6) is 0 Å². The molecule has 0 radical (unpaired) electrons. The summed E-state index contributed by atoms with van der Waals surface area (Å²) >= 11 is 0. The van der Waals surface area contributed by atoms with Gasteiger partial charge in [0.2, 0.25) is 0 Å². The summed E-state index contributed by atoms with van der Waals surface area (Å²) in [5.41, 5.74) is 0.476. The van der Waals surface area contributed by atoms with Crippen molar-refractivity contribution in [1.29, 1.82) is 0 Å². The van der Waals surface area contributed by atoms with Gasteiger partial charge in [0, 0.05) is 12.6 Å². The van der Waals surface area contributed by atoms with Crippen LogP contribution in [0.4, 0.5) is 5.82 Å². The van der Waals surface area contributed by atoms with Crippen molar-refractivity contribution in [3.05, 3.63) is 23.9 Å². The first-order valence-corrected chi connectivity index (χ1v) is 7.69. The lowest BCUT2D eigenvalue weighted by atomic mass is 10.1. The third kappa shape index (κ3) is 6.04. The summed E-state index contributed by atoms with van der Waals surface area (Å²) in [5.74, 6) is 0.656. The first-order valence-electron chi connectivity index (χ1n) is 7.69. The second-order valence-corrected chi connectivity index (χ2v) is 5.16. The lowest BCUT2D eigenvalue weighted by molar-refractivity contribution is 0.0933. The van der Waals surface area contributed by atoms with E-state index in [1.54, 1.807) is 6.07 Å². The van der Waals surface area contributed by atoms with Crippen molar-refractivity contribution in [1.82, 2.24) is 10.3 Å². The van der Waals surface area contributed by atoms with E-state index in [1.807, 2.05) is 19.1 Å². The third-order valence-electron chi connectivity index (χ3n) is 3.21. The van der Waals surface area contributed by atoms with Crippen LogP contribution in [0, 0.1) is 0 Å². The van der Waals surface area contributed by atoms with Gasteiger partial charge in [0.05, 0.1) is 0 Å². The number of pyridine rings is 1. The predicted octanol–water partition coefficient (Wildman–Crippen LogP) is 3.60. The van der Waals surface area contributed by atoms with Crippen molar-refractivity contribution in [2.75, 3.05) is 11.9 Å². The Hall–Kier alpha value is -1.58. The van der Waals surface area contributed by atoms with Crippen LogP contribution in [0.1, 0.15) is 63.4 Å². The molecule has 0 saturated heterocycles. The molecule has 0 fully saturated rings. The minimum atomic E-state index is -0.0901. The van der Waals surface area contributed by atoms with Crippen molar-refractivity contribution in [2.24, 2.45) is 0 Å². The van der Waals surface area contributed by atoms with Gasteiger partial charge in [0.15, 0.2) is 0 Å². The van der Waals surface area contributed by atoms with Gasteiger partial charge in [-0.05, 0) is 32.4 Å². The second-order valence-electron chi connectivity index (χ2n) is 5.16. The highest BCUT2D eigenvalue weighted by molar-refractivity contribution is 5.92. The van der Waals surface area contributed by atoms with Gasteiger partial charge in [-0.3, -0.25) is 4.79 Å². The molecule has 0 aliphatic heterocycles. The molecule has 1 atom stereocenters. The van der Waals surface area contributed by atoms with E-state index < -0.39 is 0 Å². The molecule has 0 spiro atoms. The SMILES string of the molecule is CCCCCCC(C)NC(=O)c1cccc(NCC)n1. The number of hydrogen-bond donors (Lipinski definition) is 2. The van der Waals surface area contributed by atoms with Gasteiger partial charge in [-0.1, -0.05) is 38.7 Å². The van der Waals surface area contributed by atoms with E-state index in [9.17, 15) is 4.79 Å². The molecule has 0 aliphatic rings. The molecule has 20 heavy (non-hydrogen) atoms. The van der Waals surface area contributed by atoms with Crippen molar-refractivity contribution < 1.29 is 4.79 Å². The molecular weight excluding hydrogens is 250 g/mol. The minimum absolute atomic E-state index is 0.0901. The summed E-state index contributed by atoms with van der Waals surface area (Å²) in [4.78, 5) is 16.4. The van der Waals surface area contributed by atoms with Gasteiger partial charge in [0.25, 0.3) is 5.91 Å². The second kappa shape index (κ2) is 9.34. The maximum atomic E-state index is 12.1. The van der Waals surface area contributed by atoms with Crippen LogP contribution in [0.25, 0.3) is 0 Å². The molecule has 1 amide bonds. The van der Waals surface area contributed by atoms with Crippen molar-refractivity contribution in [3.63, 3.8) is 0 Å². The molecule has 0 aliphatic carbocycles. The van der Waals surface area contributed by atoms with Gasteiger partial charge in [-0.25, -0.2) is 4.98 Å². The topological polar surface area (TPSA) is 54.0 Å². The van der Waals surface area contributed by atoms with Crippen LogP contribution in [0.3, 0.4) is 0 Å². The smallest absolute Gasteiger partial charge is 0.270 e. The van der Waals surface area contributed by atoms with Crippen LogP contribution in [-0.4, -0.2) is 23.5 Å². The molecule has 112 valence electrons. The van der Waals surface area contributed by atoms with E-state index in [0.717, 1.165) is 18.8 Å². The zero-order valence-electron chi connectivity index (χ0n) is 12.9. The summed E-state index contributed by atoms with van der Waals surface area (Å²) < 4.78 is 0. The Morgan fingerprint density at radius 3 is 2.75 bits per heavy atom. The van der Waals surface area contributed by atoms with E-state index in [0.29, 0.717) is 5.69 Å². The van der Waals surface area contributed by atoms with Gasteiger partial charge < -0.3 is 10.6 Å². The van der Waals surface area contributed by atoms with Crippen LogP contribution in [-0.2, 0) is 0 Å². The quantitative estimate of drug-likeness (QED) is 0.678. The number of rotatable bonds is 9. The van der Waals surface area contributed by atoms with Crippen LogP contribution in [0.2, 0.25) is 0 Å². The third-order valence-corrected chi connectivity index (χ3v) is 3.21. The van der Waals surface area contributed by atoms with Gasteiger partial charge in [-0.2, -0.15) is 0 Å². The standard InChI is InChI=1S/C16H27N3O/c1-4-6-7-8-10-13(3)18-16(20)14-11-9-12-15(19-14)17-5-2/h9,11-13H,4-8,10H2,1-3H3,(H,17,19)(H,18,20). The molecule has 4 heteroatoms. The van der Waals surface area contributed by atoms with Crippen molar-refractivity contribution >= 4 is 11.7 Å². The van der Waals surface area contributed by atoms with Gasteiger partial charge >= 0.3 is 0 Å². The number of unbranched alkanes of at least 4 members (excludes halogenated alkanes) is 3. The Balaban J connectivity index is 2.43. The Morgan fingerprint density at radius 1 is 1.25 bits per heavy atom. The number of anilines is 1. The number of amides is 1. The van der Waals surface area contributed by atoms with E-state index in [1.165, 1.54) is 25.7 Å². The number of hydrogen-bond acceptors (Lipinski definition) is 3. The highest BCUT2D eigenvalue weighted by Crippen LogP contribution is 2.07. The summed E-state index contributed by atoms with van der Waals surface area (Å²) in [6.07, 6.45) is 5.94. The summed E-state index contributed by atoms with van der Waals surface area (Å²) in [6.45, 7) is 7.06. The number of aromatic nitrogens is 1. The number of nitrogens with one attached hydrogen (secondary N) is 2. The molecule has 1 unspecified atom stereocenters. The average molecular weight is 277 g/mol. The fourth-order valence-electron chi connectivity index (χ4n) is 2.09. The van der Waals surface area contributed by atoms with E-state index in [2.05, 4.69) is 29.5 Å². The van der Waals surface area contributed by atoms with E-state index >= 15 is 0 Å². The van der Waals surface area contributed by atoms with Gasteiger partial charge in [0.1, 0.15) is 11.5 Å². The Kier molecular flexibility index (Phi) is 7.70. The molecule has 1 rings (SSSR count). The number of carbonyl (C=O) groups is 1. The molecule has 4 nitrogen and oxygen atoms in total. The summed E-state index contributed by atoms with van der Waals surface area (Å²) in [7, 11) is 0. The fraction of sp³-hybridized carbons (Fsp3) is 0.625. The molecule has 1 heterocycles. The van der Waals surface area contributed by atoms with Gasteiger partial charge in [-0.15, -0.1) is 0 Å². The Labute approximate surface area is 122 Å². The average Bonchev–Trinajstić information content (AvgIpc) is 2.44. The van der Waals surface area contributed by atoms with E-state index in [-0.39, 0.29) is 11.9 Å². The molecule has 2 N–H and O–H groups in total. The molecule has 1 aromatic heterocycles. The monoisotopic (exact) mass is 277 g/mol. The van der Waals surface area contributed by atoms with E-state index in [4.69, 9.17) is 0 Å². The normalized spacial score (nSPS) is 11.9. The molecular formula is C16H27N3O. The minimum Gasteiger partial charge on any atom is -0.370 e. The maximum absolute atomic E-state index is 12.1. The van der Waals surface area contributed by atoms with Crippen LogP contribution in [0.15, 0.2) is 18.2 Å². The lowest BCUT2D eigenvalue weighted by Gasteiger charge is -2.13. The van der Waals surface area contributed by atoms with Crippen LogP contribution >= 0.6 is 0 Å². The zero-order chi connectivity index (χ0) is 14.8. The van der Waals surface area contributed by atoms with Crippen molar-refractivity contribution in [3.8, 4) is 0 Å². The molecule has 0 aromatic carbocycles. The molecule has 0 saturated carbocycles. The fourth-order valence-corrected chi connectivity index (χ4v) is 2.09. The zero-order valence-corrected chi connectivity index (χ0v) is 12.9. The van der Waals surface area contributed by atoms with Crippen LogP contribution < -0.4 is 10.6 Å². The maximum Gasteiger partial charge on any atom is 0.270 e. The molecule has 1 aromatic rings. The molecule has 0 bridgehead atoms. The Bertz CT molecular complexity index is 406. The summed E-state index contributed by atoms with van der Waals surface area (Å²) in [6, 6.07) is 5.67.